The Kier molecular flexibility index (Phi) is 8.61. The van der Waals surface area contributed by atoms with E-state index in [-0.39, 0.29) is 0 Å². The van der Waals surface area contributed by atoms with Gasteiger partial charge in [-0.25, -0.2) is 0 Å². The summed E-state index contributed by atoms with van der Waals surface area (Å²) in [6, 6.07) is 36.7. The number of allylic oxidation sites excluding steroid dienone is 9. The minimum absolute atomic E-state index is 0.836. The summed E-state index contributed by atoms with van der Waals surface area (Å²) >= 11 is 0. The van der Waals surface area contributed by atoms with Crippen LogP contribution in [0.5, 0.6) is 0 Å². The van der Waals surface area contributed by atoms with Gasteiger partial charge >= 0.3 is 0 Å². The number of anilines is 4. The van der Waals surface area contributed by atoms with Crippen molar-refractivity contribution < 1.29 is 0 Å². The van der Waals surface area contributed by atoms with Gasteiger partial charge in [-0.05, 0) is 102 Å². The third kappa shape index (κ3) is 6.40. The lowest BCUT2D eigenvalue weighted by Gasteiger charge is -2.26. The highest BCUT2D eigenvalue weighted by atomic mass is 15.1. The first-order valence-corrected chi connectivity index (χ1v) is 14.0. The molecule has 0 amide bonds. The van der Waals surface area contributed by atoms with Crippen LogP contribution in [0.3, 0.4) is 0 Å². The van der Waals surface area contributed by atoms with E-state index >= 15 is 0 Å². The van der Waals surface area contributed by atoms with E-state index in [4.69, 9.17) is 0 Å². The summed E-state index contributed by atoms with van der Waals surface area (Å²) in [4.78, 5) is 4.51. The minimum atomic E-state index is 0.836. The highest BCUT2D eigenvalue weighted by Gasteiger charge is 2.15. The molecule has 0 aromatic heterocycles. The Morgan fingerprint density at radius 3 is 1.98 bits per heavy atom. The molecule has 1 aliphatic carbocycles. The maximum atomic E-state index is 3.98. The number of para-hydroxylation sites is 1. The van der Waals surface area contributed by atoms with Crippen molar-refractivity contribution in [1.82, 2.24) is 0 Å². The van der Waals surface area contributed by atoms with E-state index < -0.39 is 0 Å². The Morgan fingerprint density at radius 2 is 1.34 bits per heavy atom. The molecule has 202 valence electrons. The van der Waals surface area contributed by atoms with E-state index in [1.807, 2.05) is 18.2 Å². The second-order valence-electron chi connectivity index (χ2n) is 10.1. The van der Waals surface area contributed by atoms with Crippen LogP contribution < -0.4 is 9.80 Å². The Labute approximate surface area is 244 Å². The lowest BCUT2D eigenvalue weighted by Crippen LogP contribution is -2.14. The van der Waals surface area contributed by atoms with Gasteiger partial charge in [-0.2, -0.15) is 0 Å². The van der Waals surface area contributed by atoms with Gasteiger partial charge in [-0.1, -0.05) is 98.1 Å². The molecule has 4 aromatic carbocycles. The maximum Gasteiger partial charge on any atom is 0.0462 e. The van der Waals surface area contributed by atoms with Crippen LogP contribution in [0.25, 0.3) is 11.1 Å². The fourth-order valence-electron chi connectivity index (χ4n) is 5.10. The van der Waals surface area contributed by atoms with Crippen molar-refractivity contribution in [1.29, 1.82) is 0 Å². The number of nitrogens with zero attached hydrogens (tertiary/aromatic N) is 2. The average molecular weight is 533 g/mol. The molecule has 0 unspecified atom stereocenters. The van der Waals surface area contributed by atoms with Gasteiger partial charge in [0.15, 0.2) is 0 Å². The summed E-state index contributed by atoms with van der Waals surface area (Å²) in [5.74, 6) is 0. The summed E-state index contributed by atoms with van der Waals surface area (Å²) in [6.07, 6.45) is 15.3. The van der Waals surface area contributed by atoms with Crippen LogP contribution in [0.1, 0.15) is 12.0 Å². The Hall–Kier alpha value is -5.08. The molecule has 4 aromatic rings. The topological polar surface area (TPSA) is 6.48 Å². The molecule has 0 aliphatic heterocycles. The largest absolute Gasteiger partial charge is 0.345 e. The molecule has 2 nitrogen and oxygen atoms in total. The van der Waals surface area contributed by atoms with E-state index in [1.165, 1.54) is 28.0 Å². The highest BCUT2D eigenvalue weighted by molar-refractivity contribution is 5.75. The van der Waals surface area contributed by atoms with Gasteiger partial charge in [0.2, 0.25) is 0 Å². The second-order valence-corrected chi connectivity index (χ2v) is 10.1. The fraction of sp³-hybridized carbons (Fsp3) is 0.0769. The van der Waals surface area contributed by atoms with Gasteiger partial charge in [0.1, 0.15) is 0 Å². The van der Waals surface area contributed by atoms with Crippen molar-refractivity contribution in [3.8, 4) is 11.1 Å². The average Bonchev–Trinajstić information content (AvgIpc) is 3.27. The van der Waals surface area contributed by atoms with Crippen molar-refractivity contribution in [3.63, 3.8) is 0 Å². The van der Waals surface area contributed by atoms with Gasteiger partial charge < -0.3 is 9.80 Å². The van der Waals surface area contributed by atoms with E-state index in [2.05, 4.69) is 164 Å². The van der Waals surface area contributed by atoms with Gasteiger partial charge in [0.05, 0.1) is 0 Å². The monoisotopic (exact) mass is 532 g/mol. The Morgan fingerprint density at radius 1 is 0.707 bits per heavy atom. The van der Waals surface area contributed by atoms with Crippen LogP contribution in [0, 0.1) is 6.92 Å². The van der Waals surface area contributed by atoms with Crippen LogP contribution in [0.4, 0.5) is 22.7 Å². The van der Waals surface area contributed by atoms with Crippen molar-refractivity contribution in [3.05, 3.63) is 181 Å². The van der Waals surface area contributed by atoms with Crippen molar-refractivity contribution in [2.75, 3.05) is 16.8 Å². The van der Waals surface area contributed by atoms with E-state index in [1.54, 1.807) is 0 Å². The Bertz CT molecular complexity index is 1630. The highest BCUT2D eigenvalue weighted by Crippen LogP contribution is 2.34. The lowest BCUT2D eigenvalue weighted by atomic mass is 10.0. The number of rotatable bonds is 9. The predicted molar refractivity (Wildman–Crippen MR) is 178 cm³/mol. The lowest BCUT2D eigenvalue weighted by molar-refractivity contribution is 1.20. The number of benzene rings is 4. The van der Waals surface area contributed by atoms with Gasteiger partial charge in [-0.3, -0.25) is 0 Å². The molecule has 0 heterocycles. The molecule has 2 heteroatoms. The SMILES string of the molecule is C=C/C=C(\C=C)C1=CC=C(N(c2ccccc2)c2ccc(-c3ccc(N(C)c4cccc(C)c4)cc3)cc2)C=CC1. The fourth-order valence-corrected chi connectivity index (χ4v) is 5.10. The van der Waals surface area contributed by atoms with Crippen molar-refractivity contribution >= 4 is 22.7 Å². The quantitative estimate of drug-likeness (QED) is 0.198. The van der Waals surface area contributed by atoms with Crippen LogP contribution >= 0.6 is 0 Å². The first-order chi connectivity index (χ1) is 20.1. The molecule has 0 atom stereocenters. The summed E-state index contributed by atoms with van der Waals surface area (Å²) in [7, 11) is 2.11. The molecule has 41 heavy (non-hydrogen) atoms. The second kappa shape index (κ2) is 12.8. The smallest absolute Gasteiger partial charge is 0.0462 e. The maximum absolute atomic E-state index is 3.98. The summed E-state index contributed by atoms with van der Waals surface area (Å²) in [5.41, 5.74) is 11.6. The number of aryl methyl sites for hydroxylation is 1. The van der Waals surface area contributed by atoms with E-state index in [0.29, 0.717) is 0 Å². The standard InChI is InChI=1S/C39H36N2/c1-5-12-31(6-2)32-14-11-17-37(26-21-32)41(36-15-8-7-9-16-36)38-27-22-34(23-28-38)33-19-24-35(25-20-33)40(4)39-18-10-13-30(3)29-39/h5-13,15-29H,1-2,14H2,3-4H3/b31-12+. The van der Waals surface area contributed by atoms with Crippen LogP contribution in [0.2, 0.25) is 0 Å². The van der Waals surface area contributed by atoms with Crippen LogP contribution in [-0.2, 0) is 0 Å². The Balaban J connectivity index is 1.43. The first-order valence-electron chi connectivity index (χ1n) is 14.0. The van der Waals surface area contributed by atoms with Gasteiger partial charge in [0, 0.05) is 35.5 Å². The van der Waals surface area contributed by atoms with E-state index in [9.17, 15) is 0 Å². The molecule has 0 radical (unpaired) electrons. The van der Waals surface area contributed by atoms with Crippen LogP contribution in [-0.4, -0.2) is 7.05 Å². The zero-order valence-electron chi connectivity index (χ0n) is 23.9. The summed E-state index contributed by atoms with van der Waals surface area (Å²) in [6.45, 7) is 9.96. The molecule has 0 bridgehead atoms. The first kappa shape index (κ1) is 27.5. The molecule has 5 rings (SSSR count). The summed E-state index contributed by atoms with van der Waals surface area (Å²) < 4.78 is 0. The molecule has 0 saturated carbocycles. The number of hydrogen-bond acceptors (Lipinski definition) is 2. The van der Waals surface area contributed by atoms with Gasteiger partial charge in [0.25, 0.3) is 0 Å². The molecule has 0 saturated heterocycles. The molecular formula is C39H36N2. The molecule has 0 spiro atoms. The van der Waals surface area contributed by atoms with Crippen LogP contribution in [0.15, 0.2) is 176 Å². The van der Waals surface area contributed by atoms with Gasteiger partial charge in [-0.15, -0.1) is 0 Å². The molecule has 0 fully saturated rings. The molecule has 1 aliphatic rings. The predicted octanol–water partition coefficient (Wildman–Crippen LogP) is 10.6. The normalized spacial score (nSPS) is 13.1. The molecule has 0 N–H and O–H groups in total. The third-order valence-electron chi connectivity index (χ3n) is 7.34. The number of hydrogen-bond donors (Lipinski definition) is 0. The van der Waals surface area contributed by atoms with Crippen molar-refractivity contribution in [2.24, 2.45) is 0 Å². The van der Waals surface area contributed by atoms with E-state index in [0.717, 1.165) is 34.8 Å². The molecular weight excluding hydrogens is 496 g/mol. The summed E-state index contributed by atoms with van der Waals surface area (Å²) in [5, 5.41) is 0. The minimum Gasteiger partial charge on any atom is -0.345 e. The zero-order valence-corrected chi connectivity index (χ0v) is 23.9. The van der Waals surface area contributed by atoms with Crippen molar-refractivity contribution in [2.45, 2.75) is 13.3 Å². The third-order valence-corrected chi connectivity index (χ3v) is 7.34. The zero-order chi connectivity index (χ0) is 28.6.